The van der Waals surface area contributed by atoms with Crippen LogP contribution in [0.2, 0.25) is 0 Å². The highest BCUT2D eigenvalue weighted by Crippen LogP contribution is 2.17. The normalized spacial score (nSPS) is 23.4. The number of carbonyl (C=O) groups excluding carboxylic acids is 1. The second-order valence-electron chi connectivity index (χ2n) is 3.17. The van der Waals surface area contributed by atoms with Gasteiger partial charge in [-0.3, -0.25) is 9.69 Å². The Hall–Kier alpha value is -0.220. The van der Waals surface area contributed by atoms with Gasteiger partial charge in [0, 0.05) is 12.3 Å². The molecule has 0 N–H and O–H groups in total. The fourth-order valence-electron chi connectivity index (χ4n) is 1.73. The SMILES string of the molecule is CCOC(=O)[C@@H]1CCCN1CCS. The van der Waals surface area contributed by atoms with Gasteiger partial charge >= 0.3 is 5.97 Å². The zero-order chi connectivity index (χ0) is 9.68. The number of likely N-dealkylation sites (tertiary alicyclic amines) is 1. The molecule has 0 spiro atoms. The minimum absolute atomic E-state index is 0.00731. The Morgan fingerprint density at radius 1 is 1.69 bits per heavy atom. The Bertz CT molecular complexity index is 175. The van der Waals surface area contributed by atoms with Crippen molar-refractivity contribution >= 4 is 18.6 Å². The maximum absolute atomic E-state index is 11.4. The summed E-state index contributed by atoms with van der Waals surface area (Å²) in [7, 11) is 0. The monoisotopic (exact) mass is 203 g/mol. The van der Waals surface area contributed by atoms with E-state index in [0.29, 0.717) is 6.61 Å². The average Bonchev–Trinajstić information content (AvgIpc) is 2.54. The molecule has 1 saturated heterocycles. The van der Waals surface area contributed by atoms with E-state index in [1.165, 1.54) is 0 Å². The van der Waals surface area contributed by atoms with Gasteiger partial charge in [0.05, 0.1) is 6.61 Å². The first-order valence-corrected chi connectivity index (χ1v) is 5.44. The molecule has 1 atom stereocenters. The van der Waals surface area contributed by atoms with Crippen molar-refractivity contribution in [1.29, 1.82) is 0 Å². The summed E-state index contributed by atoms with van der Waals surface area (Å²) in [5.41, 5.74) is 0. The number of thiol groups is 1. The van der Waals surface area contributed by atoms with Gasteiger partial charge in [0.15, 0.2) is 0 Å². The first kappa shape index (κ1) is 10.9. The van der Waals surface area contributed by atoms with Crippen LogP contribution in [0.4, 0.5) is 0 Å². The molecule has 1 rings (SSSR count). The highest BCUT2D eigenvalue weighted by Gasteiger charge is 2.30. The van der Waals surface area contributed by atoms with Gasteiger partial charge in [-0.25, -0.2) is 0 Å². The number of hydrogen-bond donors (Lipinski definition) is 1. The van der Waals surface area contributed by atoms with Crippen LogP contribution >= 0.6 is 12.6 Å². The Labute approximate surface area is 84.8 Å². The summed E-state index contributed by atoms with van der Waals surface area (Å²) in [5, 5.41) is 0. The molecule has 1 aliphatic heterocycles. The highest BCUT2D eigenvalue weighted by molar-refractivity contribution is 7.80. The van der Waals surface area contributed by atoms with Crippen LogP contribution < -0.4 is 0 Å². The van der Waals surface area contributed by atoms with Crippen LogP contribution in [0.25, 0.3) is 0 Å². The van der Waals surface area contributed by atoms with Gasteiger partial charge < -0.3 is 4.74 Å². The topological polar surface area (TPSA) is 29.5 Å². The summed E-state index contributed by atoms with van der Waals surface area (Å²) in [6, 6.07) is -0.00731. The van der Waals surface area contributed by atoms with E-state index in [2.05, 4.69) is 17.5 Å². The molecule has 0 amide bonds. The van der Waals surface area contributed by atoms with E-state index in [9.17, 15) is 4.79 Å². The summed E-state index contributed by atoms with van der Waals surface area (Å²) in [5.74, 6) is 0.734. The van der Waals surface area contributed by atoms with Gasteiger partial charge in [-0.2, -0.15) is 12.6 Å². The minimum atomic E-state index is -0.0678. The van der Waals surface area contributed by atoms with E-state index in [1.807, 2.05) is 6.92 Å². The van der Waals surface area contributed by atoms with Gasteiger partial charge in [-0.1, -0.05) is 0 Å². The lowest BCUT2D eigenvalue weighted by Gasteiger charge is -2.21. The quantitative estimate of drug-likeness (QED) is 0.545. The lowest BCUT2D eigenvalue weighted by molar-refractivity contribution is -0.148. The molecule has 0 aromatic carbocycles. The second-order valence-corrected chi connectivity index (χ2v) is 3.62. The molecule has 0 saturated carbocycles. The van der Waals surface area contributed by atoms with Crippen molar-refractivity contribution in [3.63, 3.8) is 0 Å². The molecule has 76 valence electrons. The molecule has 0 bridgehead atoms. The van der Waals surface area contributed by atoms with E-state index in [-0.39, 0.29) is 12.0 Å². The Kier molecular flexibility index (Phi) is 4.59. The fraction of sp³-hybridized carbons (Fsp3) is 0.889. The van der Waals surface area contributed by atoms with Gasteiger partial charge in [-0.05, 0) is 26.3 Å². The molecule has 1 heterocycles. The summed E-state index contributed by atoms with van der Waals surface area (Å²) >= 11 is 4.16. The smallest absolute Gasteiger partial charge is 0.323 e. The van der Waals surface area contributed by atoms with Crippen LogP contribution in [0.3, 0.4) is 0 Å². The van der Waals surface area contributed by atoms with E-state index < -0.39 is 0 Å². The lowest BCUT2D eigenvalue weighted by Crippen LogP contribution is -2.38. The average molecular weight is 203 g/mol. The third-order valence-electron chi connectivity index (χ3n) is 2.31. The van der Waals surface area contributed by atoms with Gasteiger partial charge in [-0.15, -0.1) is 0 Å². The van der Waals surface area contributed by atoms with Crippen molar-refractivity contribution in [3.05, 3.63) is 0 Å². The predicted molar refractivity (Wildman–Crippen MR) is 55.1 cm³/mol. The largest absolute Gasteiger partial charge is 0.465 e. The number of hydrogen-bond acceptors (Lipinski definition) is 4. The predicted octanol–water partition coefficient (Wildman–Crippen LogP) is 0.944. The highest BCUT2D eigenvalue weighted by atomic mass is 32.1. The molecule has 3 nitrogen and oxygen atoms in total. The van der Waals surface area contributed by atoms with E-state index >= 15 is 0 Å². The van der Waals surface area contributed by atoms with E-state index in [4.69, 9.17) is 4.74 Å². The van der Waals surface area contributed by atoms with Gasteiger partial charge in [0.25, 0.3) is 0 Å². The Morgan fingerprint density at radius 3 is 3.08 bits per heavy atom. The molecule has 1 aliphatic rings. The van der Waals surface area contributed by atoms with Crippen molar-refractivity contribution in [3.8, 4) is 0 Å². The number of carbonyl (C=O) groups is 1. The van der Waals surface area contributed by atoms with Crippen molar-refractivity contribution in [2.24, 2.45) is 0 Å². The summed E-state index contributed by atoms with van der Waals surface area (Å²) in [6.45, 7) is 4.20. The number of rotatable bonds is 4. The van der Waals surface area contributed by atoms with Crippen molar-refractivity contribution in [2.45, 2.75) is 25.8 Å². The van der Waals surface area contributed by atoms with Crippen LogP contribution in [0.15, 0.2) is 0 Å². The van der Waals surface area contributed by atoms with Crippen molar-refractivity contribution < 1.29 is 9.53 Å². The summed E-state index contributed by atoms with van der Waals surface area (Å²) in [4.78, 5) is 13.6. The zero-order valence-electron chi connectivity index (χ0n) is 8.03. The molecular weight excluding hydrogens is 186 g/mol. The standard InChI is InChI=1S/C9H17NO2S/c1-2-12-9(11)8-4-3-5-10(8)6-7-13/h8,13H,2-7H2,1H3/t8-/m0/s1. The van der Waals surface area contributed by atoms with Crippen molar-refractivity contribution in [1.82, 2.24) is 4.90 Å². The summed E-state index contributed by atoms with van der Waals surface area (Å²) in [6.07, 6.45) is 2.03. The minimum Gasteiger partial charge on any atom is -0.465 e. The van der Waals surface area contributed by atoms with Gasteiger partial charge in [0.2, 0.25) is 0 Å². The van der Waals surface area contributed by atoms with Crippen LogP contribution in [0.1, 0.15) is 19.8 Å². The maximum atomic E-state index is 11.4. The number of ether oxygens (including phenoxy) is 1. The molecule has 0 aliphatic carbocycles. The molecule has 0 aromatic rings. The van der Waals surface area contributed by atoms with Gasteiger partial charge in [0.1, 0.15) is 6.04 Å². The Morgan fingerprint density at radius 2 is 2.46 bits per heavy atom. The fourth-order valence-corrected chi connectivity index (χ4v) is 1.98. The first-order valence-electron chi connectivity index (χ1n) is 4.81. The zero-order valence-corrected chi connectivity index (χ0v) is 8.93. The molecule has 13 heavy (non-hydrogen) atoms. The van der Waals surface area contributed by atoms with Crippen LogP contribution in [0.5, 0.6) is 0 Å². The molecule has 0 aromatic heterocycles. The Balaban J connectivity index is 2.42. The molecule has 1 fully saturated rings. The third kappa shape index (κ3) is 2.88. The van der Waals surface area contributed by atoms with Crippen molar-refractivity contribution in [2.75, 3.05) is 25.4 Å². The second kappa shape index (κ2) is 5.50. The lowest BCUT2D eigenvalue weighted by atomic mass is 10.2. The van der Waals surface area contributed by atoms with E-state index in [0.717, 1.165) is 31.7 Å². The number of nitrogens with zero attached hydrogens (tertiary/aromatic N) is 1. The molecule has 4 heteroatoms. The maximum Gasteiger partial charge on any atom is 0.323 e. The first-order chi connectivity index (χ1) is 6.29. The number of esters is 1. The third-order valence-corrected chi connectivity index (χ3v) is 2.51. The molecule has 0 radical (unpaired) electrons. The van der Waals surface area contributed by atoms with E-state index in [1.54, 1.807) is 0 Å². The van der Waals surface area contributed by atoms with Crippen LogP contribution in [-0.2, 0) is 9.53 Å². The van der Waals surface area contributed by atoms with Crippen LogP contribution in [0, 0.1) is 0 Å². The summed E-state index contributed by atoms with van der Waals surface area (Å²) < 4.78 is 5.00. The molecular formula is C9H17NO2S. The van der Waals surface area contributed by atoms with Crippen LogP contribution in [-0.4, -0.2) is 42.4 Å². The molecule has 0 unspecified atom stereocenters.